The Bertz CT molecular complexity index is 1210. The molecule has 2 aliphatic heterocycles. The predicted octanol–water partition coefficient (Wildman–Crippen LogP) is -0.888. The van der Waals surface area contributed by atoms with E-state index in [1.54, 1.807) is 18.3 Å². The molecule has 4 rings (SSSR count). The van der Waals surface area contributed by atoms with Crippen molar-refractivity contribution in [1.29, 1.82) is 0 Å². The number of morpholine rings is 1. The number of rotatable bonds is 3. The zero-order chi connectivity index (χ0) is 27.9. The van der Waals surface area contributed by atoms with Gasteiger partial charge >= 0.3 is 0 Å². The maximum atomic E-state index is 13.5. The van der Waals surface area contributed by atoms with Crippen LogP contribution in [0.4, 0.5) is 0 Å². The largest absolute Gasteiger partial charge is 0.360 e. The second-order valence-corrected chi connectivity index (χ2v) is 9.68. The van der Waals surface area contributed by atoms with Crippen LogP contribution in [0.25, 0.3) is 0 Å². The number of likely N-dealkylation sites (N-methyl/N-ethyl adjacent to an activating group) is 1. The number of aromatic nitrogens is 1. The fraction of sp³-hybridized carbons (Fsp3) is 0.407. The summed E-state index contributed by atoms with van der Waals surface area (Å²) in [5, 5.41) is 8.07. The van der Waals surface area contributed by atoms with Gasteiger partial charge in [-0.1, -0.05) is 30.3 Å². The molecule has 2 saturated heterocycles. The standard InChI is InChI=1S/C27H32N6O6/c1-17-24(35)29-13-20-14-33(26(37)19-9-6-10-28-12-19)15-22(39-20)25(36)31-21(11-18-7-4-3-5-8-18)27(38)32(2)16-23(34)30-17/h3-10,12,17,20-22H,11,13-16H2,1-2H3,(H,29,35)(H,30,34)(H,31,36)/t17-,20+,21-,22-/m1/s1. The summed E-state index contributed by atoms with van der Waals surface area (Å²) in [4.78, 5) is 71.9. The van der Waals surface area contributed by atoms with Gasteiger partial charge in [-0.25, -0.2) is 0 Å². The first-order valence-corrected chi connectivity index (χ1v) is 12.7. The Hall–Kier alpha value is -4.32. The molecule has 1 aromatic carbocycles. The van der Waals surface area contributed by atoms with Crippen LogP contribution in [0.15, 0.2) is 54.9 Å². The van der Waals surface area contributed by atoms with Gasteiger partial charge in [0.15, 0.2) is 6.10 Å². The summed E-state index contributed by atoms with van der Waals surface area (Å²) < 4.78 is 6.01. The zero-order valence-corrected chi connectivity index (χ0v) is 21.8. The normalized spacial score (nSPS) is 25.1. The molecule has 1 aromatic heterocycles. The van der Waals surface area contributed by atoms with Crippen LogP contribution in [-0.4, -0.2) is 102 Å². The molecule has 3 N–H and O–H groups in total. The van der Waals surface area contributed by atoms with Gasteiger partial charge in [0, 0.05) is 39.0 Å². The summed E-state index contributed by atoms with van der Waals surface area (Å²) in [6, 6.07) is 10.6. The van der Waals surface area contributed by atoms with Crippen molar-refractivity contribution in [3.63, 3.8) is 0 Å². The van der Waals surface area contributed by atoms with Gasteiger partial charge in [0.05, 0.1) is 24.8 Å². The number of amides is 5. The predicted molar refractivity (Wildman–Crippen MR) is 139 cm³/mol. The van der Waals surface area contributed by atoms with Gasteiger partial charge < -0.3 is 30.5 Å². The number of benzene rings is 1. The van der Waals surface area contributed by atoms with Gasteiger partial charge in [-0.2, -0.15) is 0 Å². The zero-order valence-electron chi connectivity index (χ0n) is 21.8. The van der Waals surface area contributed by atoms with Crippen molar-refractivity contribution in [3.8, 4) is 0 Å². The van der Waals surface area contributed by atoms with Gasteiger partial charge in [0.2, 0.25) is 17.7 Å². The van der Waals surface area contributed by atoms with E-state index in [0.717, 1.165) is 5.56 Å². The first-order chi connectivity index (χ1) is 18.7. The molecule has 0 radical (unpaired) electrons. The van der Waals surface area contributed by atoms with E-state index in [1.165, 1.54) is 30.0 Å². The number of carbonyl (C=O) groups excluding carboxylic acids is 5. The van der Waals surface area contributed by atoms with Crippen molar-refractivity contribution >= 4 is 29.5 Å². The number of ether oxygens (including phenoxy) is 1. The third kappa shape index (κ3) is 7.17. The first-order valence-electron chi connectivity index (χ1n) is 12.7. The lowest BCUT2D eigenvalue weighted by Crippen LogP contribution is -2.59. The van der Waals surface area contributed by atoms with E-state index in [4.69, 9.17) is 4.74 Å². The smallest absolute Gasteiger partial charge is 0.255 e. The summed E-state index contributed by atoms with van der Waals surface area (Å²) in [6.45, 7) is 1.30. The minimum absolute atomic E-state index is 0.00587. The van der Waals surface area contributed by atoms with Crippen LogP contribution >= 0.6 is 0 Å². The molecule has 0 unspecified atom stereocenters. The Morgan fingerprint density at radius 2 is 1.79 bits per heavy atom. The molecule has 4 atom stereocenters. The van der Waals surface area contributed by atoms with Crippen molar-refractivity contribution in [2.45, 2.75) is 37.6 Å². The Labute approximate surface area is 226 Å². The fourth-order valence-electron chi connectivity index (χ4n) is 4.53. The van der Waals surface area contributed by atoms with Gasteiger partial charge in [-0.05, 0) is 24.6 Å². The maximum absolute atomic E-state index is 13.5. The van der Waals surface area contributed by atoms with Crippen LogP contribution in [-0.2, 0) is 30.3 Å². The minimum atomic E-state index is -1.10. The summed E-state index contributed by atoms with van der Waals surface area (Å²) in [5.41, 5.74) is 1.16. The van der Waals surface area contributed by atoms with Crippen molar-refractivity contribution < 1.29 is 28.7 Å². The molecular weight excluding hydrogens is 504 g/mol. The van der Waals surface area contributed by atoms with Crippen molar-refractivity contribution in [3.05, 3.63) is 66.0 Å². The van der Waals surface area contributed by atoms with Gasteiger partial charge in [0.1, 0.15) is 12.1 Å². The van der Waals surface area contributed by atoms with Crippen molar-refractivity contribution in [2.75, 3.05) is 33.2 Å². The minimum Gasteiger partial charge on any atom is -0.360 e. The van der Waals surface area contributed by atoms with Crippen LogP contribution in [0, 0.1) is 0 Å². The molecule has 0 saturated carbocycles. The van der Waals surface area contributed by atoms with Crippen molar-refractivity contribution in [2.24, 2.45) is 0 Å². The van der Waals surface area contributed by atoms with Crippen LogP contribution < -0.4 is 16.0 Å². The number of fused-ring (bicyclic) bond motifs is 2. The molecule has 2 fully saturated rings. The Balaban J connectivity index is 1.62. The molecule has 12 nitrogen and oxygen atoms in total. The lowest BCUT2D eigenvalue weighted by atomic mass is 10.0. The second-order valence-electron chi connectivity index (χ2n) is 9.68. The topological polar surface area (TPSA) is 150 Å². The summed E-state index contributed by atoms with van der Waals surface area (Å²) in [6.07, 6.45) is 1.37. The quantitative estimate of drug-likeness (QED) is 0.461. The number of nitrogens with zero attached hydrogens (tertiary/aromatic N) is 3. The highest BCUT2D eigenvalue weighted by molar-refractivity contribution is 5.96. The van der Waals surface area contributed by atoms with E-state index < -0.39 is 47.9 Å². The molecule has 3 heterocycles. The molecule has 12 heteroatoms. The molecule has 2 aromatic rings. The first kappa shape index (κ1) is 27.7. The molecular formula is C27H32N6O6. The van der Waals surface area contributed by atoms with E-state index in [-0.39, 0.29) is 38.5 Å². The molecule has 0 aliphatic carbocycles. The third-order valence-electron chi connectivity index (χ3n) is 6.58. The van der Waals surface area contributed by atoms with Gasteiger partial charge in [-0.15, -0.1) is 0 Å². The molecule has 2 bridgehead atoms. The summed E-state index contributed by atoms with van der Waals surface area (Å²) in [5.74, 6) is -2.38. The highest BCUT2D eigenvalue weighted by Crippen LogP contribution is 2.16. The Kier molecular flexibility index (Phi) is 8.87. The molecule has 2 aliphatic rings. The Morgan fingerprint density at radius 3 is 2.51 bits per heavy atom. The highest BCUT2D eigenvalue weighted by Gasteiger charge is 2.37. The third-order valence-corrected chi connectivity index (χ3v) is 6.58. The van der Waals surface area contributed by atoms with Gasteiger partial charge in [-0.3, -0.25) is 29.0 Å². The number of carbonyl (C=O) groups is 5. The molecule has 5 amide bonds. The lowest BCUT2D eigenvalue weighted by molar-refractivity contribution is -0.148. The van der Waals surface area contributed by atoms with E-state index in [1.807, 2.05) is 30.3 Å². The SMILES string of the molecule is C[C@H]1NC(=O)CN(C)C(=O)[C@@H](Cc2ccccc2)NC(=O)[C@H]2CN(C(=O)c3cccnc3)C[C@H](CNC1=O)O2. The fourth-order valence-corrected chi connectivity index (χ4v) is 4.53. The van der Waals surface area contributed by atoms with Crippen LogP contribution in [0.2, 0.25) is 0 Å². The van der Waals surface area contributed by atoms with E-state index in [9.17, 15) is 24.0 Å². The monoisotopic (exact) mass is 536 g/mol. The van der Waals surface area contributed by atoms with E-state index in [0.29, 0.717) is 5.56 Å². The molecule has 0 spiro atoms. The molecule has 39 heavy (non-hydrogen) atoms. The van der Waals surface area contributed by atoms with Crippen LogP contribution in [0.3, 0.4) is 0 Å². The number of hydrogen-bond acceptors (Lipinski definition) is 7. The average molecular weight is 537 g/mol. The Morgan fingerprint density at radius 1 is 1.03 bits per heavy atom. The van der Waals surface area contributed by atoms with Gasteiger partial charge in [0.25, 0.3) is 11.8 Å². The number of hydrogen-bond donors (Lipinski definition) is 3. The lowest BCUT2D eigenvalue weighted by Gasteiger charge is -2.38. The maximum Gasteiger partial charge on any atom is 0.255 e. The highest BCUT2D eigenvalue weighted by atomic mass is 16.5. The number of pyridine rings is 1. The molecule has 206 valence electrons. The van der Waals surface area contributed by atoms with Crippen LogP contribution in [0.1, 0.15) is 22.8 Å². The van der Waals surface area contributed by atoms with Crippen molar-refractivity contribution in [1.82, 2.24) is 30.7 Å². The van der Waals surface area contributed by atoms with E-state index in [2.05, 4.69) is 20.9 Å². The second kappa shape index (κ2) is 12.5. The summed E-state index contributed by atoms with van der Waals surface area (Å²) >= 11 is 0. The average Bonchev–Trinajstić information content (AvgIpc) is 2.95. The van der Waals surface area contributed by atoms with Crippen LogP contribution in [0.5, 0.6) is 0 Å². The van der Waals surface area contributed by atoms with E-state index >= 15 is 0 Å². The number of nitrogens with one attached hydrogen (secondary N) is 3. The summed E-state index contributed by atoms with van der Waals surface area (Å²) in [7, 11) is 1.45.